The maximum Gasteiger partial charge on any atom is 0.315 e. The first-order valence-electron chi connectivity index (χ1n) is 13.7. The van der Waals surface area contributed by atoms with Crippen LogP contribution in [0.3, 0.4) is 0 Å². The summed E-state index contributed by atoms with van der Waals surface area (Å²) < 4.78 is 0. The fourth-order valence-electron chi connectivity index (χ4n) is 6.89. The first-order valence-corrected chi connectivity index (χ1v) is 13.7. The molecule has 5 rings (SSSR count). The molecule has 0 aromatic heterocycles. The molecule has 3 aliphatic rings. The maximum atomic E-state index is 13.0. The number of carbonyl (C=O) groups excluding carboxylic acids is 1. The van der Waals surface area contributed by atoms with Gasteiger partial charge < -0.3 is 15.7 Å². The van der Waals surface area contributed by atoms with Crippen molar-refractivity contribution >= 4 is 6.03 Å². The molecule has 0 radical (unpaired) electrons. The largest absolute Gasteiger partial charge is 0.378 e. The van der Waals surface area contributed by atoms with E-state index in [1.54, 1.807) is 0 Å². The van der Waals surface area contributed by atoms with E-state index in [2.05, 4.69) is 15.5 Å². The quantitative estimate of drug-likeness (QED) is 0.493. The third-order valence-electron chi connectivity index (χ3n) is 8.98. The van der Waals surface area contributed by atoms with Gasteiger partial charge in [-0.1, -0.05) is 60.7 Å². The van der Waals surface area contributed by atoms with E-state index in [4.69, 9.17) is 0 Å². The molecule has 5 heteroatoms. The van der Waals surface area contributed by atoms with Crippen molar-refractivity contribution in [3.05, 3.63) is 71.8 Å². The van der Waals surface area contributed by atoms with Crippen LogP contribution < -0.4 is 10.6 Å². The van der Waals surface area contributed by atoms with E-state index in [9.17, 15) is 9.90 Å². The van der Waals surface area contributed by atoms with Gasteiger partial charge in [0.15, 0.2) is 0 Å². The van der Waals surface area contributed by atoms with Gasteiger partial charge in [-0.15, -0.1) is 0 Å². The number of hydrogen-bond donors (Lipinski definition) is 3. The molecule has 0 unspecified atom stereocenters. The molecule has 0 spiro atoms. The Morgan fingerprint density at radius 3 is 1.91 bits per heavy atom. The van der Waals surface area contributed by atoms with Crippen molar-refractivity contribution in [2.45, 2.75) is 94.5 Å². The molecular weight excluding hydrogens is 434 g/mol. The monoisotopic (exact) mass is 475 g/mol. The minimum absolute atomic E-state index is 0.195. The standard InChI is InChI=1S/C30H41N3O2/c1-22(30(35,24-8-4-2-5-9-24)25-10-6-3-7-11-25)31-29(34)32-26-14-12-23(13-15-26)20-21-33-27-16-17-28(33)19-18-27/h2-11,22-23,26-28,35H,12-21H2,1H3,(H2,31,32,34)/t22-,23?,26?,27?,28?/m0/s1. The summed E-state index contributed by atoms with van der Waals surface area (Å²) in [6, 6.07) is 20.5. The van der Waals surface area contributed by atoms with Gasteiger partial charge >= 0.3 is 6.03 Å². The van der Waals surface area contributed by atoms with Crippen molar-refractivity contribution in [2.24, 2.45) is 5.92 Å². The fourth-order valence-corrected chi connectivity index (χ4v) is 6.89. The van der Waals surface area contributed by atoms with Gasteiger partial charge in [0.1, 0.15) is 5.60 Å². The van der Waals surface area contributed by atoms with E-state index in [1.807, 2.05) is 67.6 Å². The molecule has 2 aliphatic heterocycles. The van der Waals surface area contributed by atoms with Crippen LogP contribution in [0.1, 0.15) is 75.8 Å². The number of hydrogen-bond acceptors (Lipinski definition) is 3. The summed E-state index contributed by atoms with van der Waals surface area (Å²) in [5, 5.41) is 18.1. The van der Waals surface area contributed by atoms with E-state index in [1.165, 1.54) is 51.5 Å². The van der Waals surface area contributed by atoms with Crippen molar-refractivity contribution in [3.8, 4) is 0 Å². The average Bonchev–Trinajstić information content (AvgIpc) is 3.48. The van der Waals surface area contributed by atoms with Crippen LogP contribution in [0.5, 0.6) is 0 Å². The van der Waals surface area contributed by atoms with Gasteiger partial charge in [-0.3, -0.25) is 4.90 Å². The summed E-state index contributed by atoms with van der Waals surface area (Å²) in [7, 11) is 0. The molecule has 5 nitrogen and oxygen atoms in total. The second kappa shape index (κ2) is 10.7. The zero-order valence-corrected chi connectivity index (χ0v) is 21.0. The molecule has 2 heterocycles. The van der Waals surface area contributed by atoms with Gasteiger partial charge in [0, 0.05) is 18.1 Å². The average molecular weight is 476 g/mol. The Bertz CT molecular complexity index is 899. The van der Waals surface area contributed by atoms with Crippen LogP contribution in [0, 0.1) is 5.92 Å². The van der Waals surface area contributed by atoms with Gasteiger partial charge in [-0.05, 0) is 88.3 Å². The van der Waals surface area contributed by atoms with Gasteiger partial charge in [-0.25, -0.2) is 4.79 Å². The highest BCUT2D eigenvalue weighted by molar-refractivity contribution is 5.75. The van der Waals surface area contributed by atoms with E-state index in [0.29, 0.717) is 0 Å². The van der Waals surface area contributed by atoms with Crippen LogP contribution in [0.4, 0.5) is 4.79 Å². The molecule has 1 saturated carbocycles. The molecule has 2 amide bonds. The molecule has 188 valence electrons. The fraction of sp³-hybridized carbons (Fsp3) is 0.567. The molecule has 3 fully saturated rings. The number of amides is 2. The summed E-state index contributed by atoms with van der Waals surface area (Å²) in [5.74, 6) is 0.788. The van der Waals surface area contributed by atoms with Gasteiger partial charge in [-0.2, -0.15) is 0 Å². The Morgan fingerprint density at radius 1 is 0.886 bits per heavy atom. The Kier molecular flexibility index (Phi) is 7.45. The second-order valence-corrected chi connectivity index (χ2v) is 11.0. The van der Waals surface area contributed by atoms with Crippen molar-refractivity contribution in [1.82, 2.24) is 15.5 Å². The first kappa shape index (κ1) is 24.3. The third kappa shape index (κ3) is 5.26. The van der Waals surface area contributed by atoms with E-state index >= 15 is 0 Å². The second-order valence-electron chi connectivity index (χ2n) is 11.0. The van der Waals surface area contributed by atoms with Gasteiger partial charge in [0.05, 0.1) is 6.04 Å². The lowest BCUT2D eigenvalue weighted by molar-refractivity contribution is 0.0470. The number of benzene rings is 2. The van der Waals surface area contributed by atoms with E-state index in [0.717, 1.165) is 42.0 Å². The van der Waals surface area contributed by atoms with E-state index in [-0.39, 0.29) is 12.1 Å². The highest BCUT2D eigenvalue weighted by Crippen LogP contribution is 2.38. The Hall–Kier alpha value is -2.37. The minimum atomic E-state index is -1.31. The van der Waals surface area contributed by atoms with Crippen molar-refractivity contribution in [1.29, 1.82) is 0 Å². The lowest BCUT2D eigenvalue weighted by atomic mass is 9.81. The number of fused-ring (bicyclic) bond motifs is 2. The third-order valence-corrected chi connectivity index (χ3v) is 8.98. The van der Waals surface area contributed by atoms with Crippen LogP contribution in [-0.2, 0) is 5.60 Å². The molecular formula is C30H41N3O2. The molecule has 3 N–H and O–H groups in total. The Morgan fingerprint density at radius 2 is 1.40 bits per heavy atom. The van der Waals surface area contributed by atoms with Crippen molar-refractivity contribution in [3.63, 3.8) is 0 Å². The highest BCUT2D eigenvalue weighted by atomic mass is 16.3. The van der Waals surface area contributed by atoms with Crippen LogP contribution in [-0.4, -0.2) is 46.7 Å². The molecule has 2 aromatic carbocycles. The summed E-state index contributed by atoms with van der Waals surface area (Å²) in [6.07, 6.45) is 11.4. The topological polar surface area (TPSA) is 64.6 Å². The van der Waals surface area contributed by atoms with Crippen molar-refractivity contribution < 1.29 is 9.90 Å². The van der Waals surface area contributed by atoms with Gasteiger partial charge in [0.25, 0.3) is 0 Å². The van der Waals surface area contributed by atoms with Crippen molar-refractivity contribution in [2.75, 3.05) is 6.54 Å². The number of urea groups is 1. The zero-order valence-electron chi connectivity index (χ0n) is 21.0. The summed E-state index contributed by atoms with van der Waals surface area (Å²) in [6.45, 7) is 3.15. The molecule has 2 bridgehead atoms. The number of nitrogens with one attached hydrogen (secondary N) is 2. The summed E-state index contributed by atoms with van der Waals surface area (Å²) >= 11 is 0. The molecule has 2 saturated heterocycles. The Labute approximate surface area is 210 Å². The maximum absolute atomic E-state index is 13.0. The molecule has 1 atom stereocenters. The highest BCUT2D eigenvalue weighted by Gasteiger charge is 2.40. The zero-order chi connectivity index (χ0) is 24.3. The normalized spacial score (nSPS) is 27.5. The van der Waals surface area contributed by atoms with Crippen LogP contribution >= 0.6 is 0 Å². The lowest BCUT2D eigenvalue weighted by Crippen LogP contribution is -2.54. The first-order chi connectivity index (χ1) is 17.0. The number of carbonyl (C=O) groups is 1. The molecule has 2 aromatic rings. The smallest absolute Gasteiger partial charge is 0.315 e. The molecule has 1 aliphatic carbocycles. The van der Waals surface area contributed by atoms with Crippen LogP contribution in [0.25, 0.3) is 0 Å². The lowest BCUT2D eigenvalue weighted by Gasteiger charge is -2.36. The summed E-state index contributed by atoms with van der Waals surface area (Å²) in [4.78, 5) is 15.7. The van der Waals surface area contributed by atoms with Crippen LogP contribution in [0.15, 0.2) is 60.7 Å². The predicted octanol–water partition coefficient (Wildman–Crippen LogP) is 5.19. The Balaban J connectivity index is 1.13. The number of aliphatic hydroxyl groups is 1. The van der Waals surface area contributed by atoms with Crippen LogP contribution in [0.2, 0.25) is 0 Å². The minimum Gasteiger partial charge on any atom is -0.378 e. The van der Waals surface area contributed by atoms with Gasteiger partial charge in [0.2, 0.25) is 0 Å². The number of nitrogens with zero attached hydrogens (tertiary/aromatic N) is 1. The van der Waals surface area contributed by atoms with E-state index < -0.39 is 11.6 Å². The predicted molar refractivity (Wildman–Crippen MR) is 140 cm³/mol. The number of rotatable bonds is 8. The SMILES string of the molecule is C[C@H](NC(=O)NC1CCC(CCN2C3CCC2CC3)CC1)C(O)(c1ccccc1)c1ccccc1. The molecule has 35 heavy (non-hydrogen) atoms. The summed E-state index contributed by atoms with van der Waals surface area (Å²) in [5.41, 5.74) is 0.226.